The van der Waals surface area contributed by atoms with Crippen molar-refractivity contribution in [3.8, 4) is 0 Å². The quantitative estimate of drug-likeness (QED) is 0.701. The molecule has 0 bridgehead atoms. The van der Waals surface area contributed by atoms with Gasteiger partial charge in [-0.2, -0.15) is 4.31 Å². The van der Waals surface area contributed by atoms with Crippen LogP contribution in [-0.4, -0.2) is 50.3 Å². The van der Waals surface area contributed by atoms with Crippen LogP contribution in [0, 0.1) is 0 Å². The smallest absolute Gasteiger partial charge is 0.219 e. The summed E-state index contributed by atoms with van der Waals surface area (Å²) in [4.78, 5) is 0. The van der Waals surface area contributed by atoms with E-state index < -0.39 is 10.0 Å². The standard InChI is InChI=1S/C9H18N2O3S/c10-8-3-4-11(6-8)15(12,13)9-2-1-5-14-7-9/h8-9H,1-7,10H2. The molecule has 2 unspecified atom stereocenters. The topological polar surface area (TPSA) is 72.6 Å². The van der Waals surface area contributed by atoms with E-state index in [-0.39, 0.29) is 11.3 Å². The van der Waals surface area contributed by atoms with Crippen LogP contribution >= 0.6 is 0 Å². The second kappa shape index (κ2) is 4.37. The first-order chi connectivity index (χ1) is 7.10. The lowest BCUT2D eigenvalue weighted by atomic mass is 10.2. The van der Waals surface area contributed by atoms with Gasteiger partial charge in [0.1, 0.15) is 0 Å². The van der Waals surface area contributed by atoms with E-state index in [2.05, 4.69) is 0 Å². The van der Waals surface area contributed by atoms with Gasteiger partial charge in [0.25, 0.3) is 0 Å². The maximum absolute atomic E-state index is 12.1. The first kappa shape index (κ1) is 11.3. The minimum Gasteiger partial charge on any atom is -0.380 e. The van der Waals surface area contributed by atoms with Crippen molar-refractivity contribution in [3.63, 3.8) is 0 Å². The van der Waals surface area contributed by atoms with Crippen molar-refractivity contribution >= 4 is 10.0 Å². The molecule has 0 aromatic rings. The Morgan fingerprint density at radius 3 is 2.67 bits per heavy atom. The molecule has 2 fully saturated rings. The highest BCUT2D eigenvalue weighted by Gasteiger charge is 2.36. The Labute approximate surface area is 90.6 Å². The average molecular weight is 234 g/mol. The molecular weight excluding hydrogens is 216 g/mol. The molecule has 2 rings (SSSR count). The van der Waals surface area contributed by atoms with Gasteiger partial charge >= 0.3 is 0 Å². The Morgan fingerprint density at radius 1 is 1.33 bits per heavy atom. The summed E-state index contributed by atoms with van der Waals surface area (Å²) in [5.41, 5.74) is 5.71. The van der Waals surface area contributed by atoms with Gasteiger partial charge in [-0.15, -0.1) is 0 Å². The Hall–Kier alpha value is -0.170. The zero-order valence-corrected chi connectivity index (χ0v) is 9.58. The van der Waals surface area contributed by atoms with Gasteiger partial charge in [-0.1, -0.05) is 0 Å². The van der Waals surface area contributed by atoms with E-state index in [0.717, 1.165) is 12.8 Å². The van der Waals surface area contributed by atoms with E-state index >= 15 is 0 Å². The summed E-state index contributed by atoms with van der Waals surface area (Å²) < 4.78 is 31.0. The number of rotatable bonds is 2. The van der Waals surface area contributed by atoms with Gasteiger partial charge in [-0.3, -0.25) is 0 Å². The van der Waals surface area contributed by atoms with Crippen LogP contribution in [0.15, 0.2) is 0 Å². The number of sulfonamides is 1. The molecule has 6 heteroatoms. The van der Waals surface area contributed by atoms with Gasteiger partial charge in [0.2, 0.25) is 10.0 Å². The van der Waals surface area contributed by atoms with Crippen LogP contribution in [0.3, 0.4) is 0 Å². The first-order valence-electron chi connectivity index (χ1n) is 5.43. The molecule has 0 radical (unpaired) electrons. The molecule has 88 valence electrons. The molecule has 0 amide bonds. The Balaban J connectivity index is 2.05. The summed E-state index contributed by atoms with van der Waals surface area (Å²) in [6, 6.07) is 0.00397. The average Bonchev–Trinajstić information content (AvgIpc) is 2.67. The molecule has 2 aliphatic rings. The fraction of sp³-hybridized carbons (Fsp3) is 1.00. The molecule has 2 heterocycles. The van der Waals surface area contributed by atoms with Gasteiger partial charge in [-0.05, 0) is 19.3 Å². The van der Waals surface area contributed by atoms with Gasteiger partial charge in [0.05, 0.1) is 11.9 Å². The van der Waals surface area contributed by atoms with E-state index in [9.17, 15) is 8.42 Å². The second-order valence-corrected chi connectivity index (χ2v) is 6.50. The highest BCUT2D eigenvalue weighted by molar-refractivity contribution is 7.89. The fourth-order valence-corrected chi connectivity index (χ4v) is 4.06. The summed E-state index contributed by atoms with van der Waals surface area (Å²) in [6.45, 7) is 2.07. The van der Waals surface area contributed by atoms with Crippen LogP contribution in [-0.2, 0) is 14.8 Å². The number of hydrogen-bond donors (Lipinski definition) is 1. The van der Waals surface area contributed by atoms with Crippen molar-refractivity contribution in [2.75, 3.05) is 26.3 Å². The van der Waals surface area contributed by atoms with Crippen molar-refractivity contribution in [1.29, 1.82) is 0 Å². The summed E-state index contributed by atoms with van der Waals surface area (Å²) in [7, 11) is -3.17. The number of hydrogen-bond acceptors (Lipinski definition) is 4. The molecule has 0 aliphatic carbocycles. The minimum absolute atomic E-state index is 0.00397. The van der Waals surface area contributed by atoms with Crippen molar-refractivity contribution in [3.05, 3.63) is 0 Å². The molecule has 0 aromatic heterocycles. The van der Waals surface area contributed by atoms with Crippen LogP contribution in [0.5, 0.6) is 0 Å². The number of ether oxygens (including phenoxy) is 1. The Bertz CT molecular complexity index is 301. The molecule has 0 saturated carbocycles. The van der Waals surface area contributed by atoms with Crippen LogP contribution in [0.25, 0.3) is 0 Å². The highest BCUT2D eigenvalue weighted by atomic mass is 32.2. The zero-order chi connectivity index (χ0) is 10.9. The molecule has 15 heavy (non-hydrogen) atoms. The maximum atomic E-state index is 12.1. The lowest BCUT2D eigenvalue weighted by Gasteiger charge is -2.26. The number of nitrogens with zero attached hydrogens (tertiary/aromatic N) is 1. The van der Waals surface area contributed by atoms with E-state index in [1.807, 2.05) is 0 Å². The first-order valence-corrected chi connectivity index (χ1v) is 6.93. The Kier molecular flexibility index (Phi) is 3.30. The van der Waals surface area contributed by atoms with E-state index in [1.54, 1.807) is 0 Å². The molecule has 2 atom stereocenters. The van der Waals surface area contributed by atoms with Crippen molar-refractivity contribution in [1.82, 2.24) is 4.31 Å². The summed E-state index contributed by atoms with van der Waals surface area (Å²) in [6.07, 6.45) is 2.32. The van der Waals surface area contributed by atoms with Crippen LogP contribution in [0.1, 0.15) is 19.3 Å². The third-order valence-corrected chi connectivity index (χ3v) is 5.35. The molecule has 2 aliphatic heterocycles. The zero-order valence-electron chi connectivity index (χ0n) is 8.76. The molecule has 2 N–H and O–H groups in total. The monoisotopic (exact) mass is 234 g/mol. The van der Waals surface area contributed by atoms with Crippen LogP contribution < -0.4 is 5.73 Å². The predicted molar refractivity (Wildman–Crippen MR) is 56.9 cm³/mol. The second-order valence-electron chi connectivity index (χ2n) is 4.29. The van der Waals surface area contributed by atoms with Crippen molar-refractivity contribution in [2.45, 2.75) is 30.6 Å². The molecule has 5 nitrogen and oxygen atoms in total. The van der Waals surface area contributed by atoms with Gasteiger partial charge in [0.15, 0.2) is 0 Å². The third-order valence-electron chi connectivity index (χ3n) is 3.09. The van der Waals surface area contributed by atoms with Gasteiger partial charge < -0.3 is 10.5 Å². The van der Waals surface area contributed by atoms with Gasteiger partial charge in [-0.25, -0.2) is 8.42 Å². The molecular formula is C9H18N2O3S. The number of nitrogens with two attached hydrogens (primary N) is 1. The fourth-order valence-electron chi connectivity index (χ4n) is 2.14. The highest BCUT2D eigenvalue weighted by Crippen LogP contribution is 2.21. The summed E-state index contributed by atoms with van der Waals surface area (Å²) in [5, 5.41) is -0.350. The van der Waals surface area contributed by atoms with Gasteiger partial charge in [0, 0.05) is 25.7 Å². The Morgan fingerprint density at radius 2 is 2.13 bits per heavy atom. The summed E-state index contributed by atoms with van der Waals surface area (Å²) >= 11 is 0. The van der Waals surface area contributed by atoms with Crippen LogP contribution in [0.4, 0.5) is 0 Å². The largest absolute Gasteiger partial charge is 0.380 e. The molecule has 0 spiro atoms. The van der Waals surface area contributed by atoms with Crippen molar-refractivity contribution in [2.24, 2.45) is 5.73 Å². The molecule has 0 aromatic carbocycles. The lowest BCUT2D eigenvalue weighted by molar-refractivity contribution is 0.0977. The normalized spacial score (nSPS) is 34.5. The van der Waals surface area contributed by atoms with E-state index in [1.165, 1.54) is 4.31 Å². The molecule has 2 saturated heterocycles. The SMILES string of the molecule is NC1CCN(S(=O)(=O)C2CCCOC2)C1. The maximum Gasteiger partial charge on any atom is 0.219 e. The van der Waals surface area contributed by atoms with Crippen LogP contribution in [0.2, 0.25) is 0 Å². The third kappa shape index (κ3) is 2.33. The predicted octanol–water partition coefficient (Wildman–Crippen LogP) is -0.472. The minimum atomic E-state index is -3.17. The summed E-state index contributed by atoms with van der Waals surface area (Å²) in [5.74, 6) is 0. The van der Waals surface area contributed by atoms with Crippen molar-refractivity contribution < 1.29 is 13.2 Å². The lowest BCUT2D eigenvalue weighted by Crippen LogP contribution is -2.42. The van der Waals surface area contributed by atoms with E-state index in [0.29, 0.717) is 32.7 Å². The van der Waals surface area contributed by atoms with E-state index in [4.69, 9.17) is 10.5 Å².